The summed E-state index contributed by atoms with van der Waals surface area (Å²) in [6, 6.07) is 6.20. The Morgan fingerprint density at radius 2 is 2.25 bits per heavy atom. The number of thiophene rings is 1. The van der Waals surface area contributed by atoms with Crippen LogP contribution in [0.15, 0.2) is 23.6 Å². The minimum absolute atomic E-state index is 0.322. The van der Waals surface area contributed by atoms with Crippen LogP contribution in [-0.2, 0) is 11.2 Å². The molecule has 1 unspecified atom stereocenters. The number of aliphatic carboxylic acids is 1. The van der Waals surface area contributed by atoms with Crippen LogP contribution in [0.3, 0.4) is 0 Å². The molecule has 0 bridgehead atoms. The Hall–Kier alpha value is -1.35. The van der Waals surface area contributed by atoms with Gasteiger partial charge in [-0.25, -0.2) is 0 Å². The molecule has 0 radical (unpaired) electrons. The van der Waals surface area contributed by atoms with E-state index in [1.165, 1.54) is 15.6 Å². The van der Waals surface area contributed by atoms with E-state index < -0.39 is 5.97 Å². The van der Waals surface area contributed by atoms with Gasteiger partial charge in [0.05, 0.1) is 5.92 Å². The molecule has 0 saturated carbocycles. The lowest BCUT2D eigenvalue weighted by Gasteiger charge is -2.06. The highest BCUT2D eigenvalue weighted by Gasteiger charge is 2.15. The summed E-state index contributed by atoms with van der Waals surface area (Å²) >= 11 is 1.69. The number of carboxylic acid groups (broad SMARTS) is 1. The van der Waals surface area contributed by atoms with Gasteiger partial charge in [0.25, 0.3) is 0 Å². The Morgan fingerprint density at radius 1 is 1.50 bits per heavy atom. The summed E-state index contributed by atoms with van der Waals surface area (Å²) < 4.78 is 1.24. The smallest absolute Gasteiger partial charge is 0.306 e. The zero-order valence-corrected chi connectivity index (χ0v) is 10.2. The first kappa shape index (κ1) is 11.1. The van der Waals surface area contributed by atoms with Crippen molar-refractivity contribution in [2.75, 3.05) is 0 Å². The van der Waals surface area contributed by atoms with Crippen molar-refractivity contribution in [2.45, 2.75) is 20.3 Å². The predicted octanol–water partition coefficient (Wildman–Crippen LogP) is 3.47. The molecule has 0 fully saturated rings. The van der Waals surface area contributed by atoms with Gasteiger partial charge in [0, 0.05) is 4.70 Å². The number of benzene rings is 1. The fourth-order valence-corrected chi connectivity index (χ4v) is 2.96. The van der Waals surface area contributed by atoms with E-state index in [2.05, 4.69) is 24.4 Å². The highest BCUT2D eigenvalue weighted by Crippen LogP contribution is 2.30. The predicted molar refractivity (Wildman–Crippen MR) is 67.1 cm³/mol. The van der Waals surface area contributed by atoms with Gasteiger partial charge in [-0.3, -0.25) is 4.79 Å². The van der Waals surface area contributed by atoms with E-state index in [-0.39, 0.29) is 5.92 Å². The van der Waals surface area contributed by atoms with E-state index in [0.717, 1.165) is 5.56 Å². The molecule has 1 N–H and O–H groups in total. The second-order valence-corrected chi connectivity index (χ2v) is 5.06. The molecule has 0 aliphatic heterocycles. The van der Waals surface area contributed by atoms with Gasteiger partial charge in [-0.1, -0.05) is 19.1 Å². The van der Waals surface area contributed by atoms with Crippen LogP contribution < -0.4 is 0 Å². The molecule has 0 aliphatic carbocycles. The summed E-state index contributed by atoms with van der Waals surface area (Å²) in [4.78, 5) is 10.8. The Kier molecular flexibility index (Phi) is 2.97. The SMILES string of the molecule is Cc1cccc2scc(CC(C)C(=O)O)c12. The van der Waals surface area contributed by atoms with Crippen molar-refractivity contribution < 1.29 is 9.90 Å². The lowest BCUT2D eigenvalue weighted by Crippen LogP contribution is -2.11. The molecule has 0 spiro atoms. The fourth-order valence-electron chi connectivity index (χ4n) is 1.91. The van der Waals surface area contributed by atoms with Gasteiger partial charge < -0.3 is 5.11 Å². The van der Waals surface area contributed by atoms with Gasteiger partial charge in [-0.05, 0) is 41.3 Å². The number of rotatable bonds is 3. The number of aryl methyl sites for hydroxylation is 1. The molecule has 0 aliphatic rings. The minimum Gasteiger partial charge on any atom is -0.481 e. The monoisotopic (exact) mass is 234 g/mol. The lowest BCUT2D eigenvalue weighted by atomic mass is 9.99. The number of hydrogen-bond acceptors (Lipinski definition) is 2. The fraction of sp³-hybridized carbons (Fsp3) is 0.308. The Labute approximate surface area is 98.5 Å². The van der Waals surface area contributed by atoms with E-state index in [0.29, 0.717) is 6.42 Å². The molecule has 84 valence electrons. The maximum Gasteiger partial charge on any atom is 0.306 e. The molecule has 1 heterocycles. The van der Waals surface area contributed by atoms with E-state index in [1.54, 1.807) is 18.3 Å². The molecular weight excluding hydrogens is 220 g/mol. The molecule has 16 heavy (non-hydrogen) atoms. The number of hydrogen-bond donors (Lipinski definition) is 1. The first-order valence-electron chi connectivity index (χ1n) is 5.28. The molecule has 2 aromatic rings. The third-order valence-corrected chi connectivity index (χ3v) is 3.83. The zero-order valence-electron chi connectivity index (χ0n) is 9.36. The second kappa shape index (κ2) is 4.26. The van der Waals surface area contributed by atoms with Crippen LogP contribution in [0.25, 0.3) is 10.1 Å². The van der Waals surface area contributed by atoms with Crippen LogP contribution in [0.1, 0.15) is 18.1 Å². The summed E-state index contributed by atoms with van der Waals surface area (Å²) in [7, 11) is 0. The maximum atomic E-state index is 10.8. The molecule has 2 rings (SSSR count). The standard InChI is InChI=1S/C13H14O2S/c1-8-4-3-5-11-12(8)10(7-16-11)6-9(2)13(14)15/h3-5,7,9H,6H2,1-2H3,(H,14,15). The highest BCUT2D eigenvalue weighted by molar-refractivity contribution is 7.17. The first-order valence-corrected chi connectivity index (χ1v) is 6.16. The lowest BCUT2D eigenvalue weighted by molar-refractivity contribution is -0.141. The van der Waals surface area contributed by atoms with Gasteiger partial charge in [-0.15, -0.1) is 11.3 Å². The average Bonchev–Trinajstić information content (AvgIpc) is 2.63. The van der Waals surface area contributed by atoms with E-state index in [9.17, 15) is 4.79 Å². The van der Waals surface area contributed by atoms with Crippen molar-refractivity contribution in [3.63, 3.8) is 0 Å². The van der Waals surface area contributed by atoms with Crippen molar-refractivity contribution in [1.82, 2.24) is 0 Å². The van der Waals surface area contributed by atoms with Crippen LogP contribution >= 0.6 is 11.3 Å². The van der Waals surface area contributed by atoms with Gasteiger partial charge in [0.15, 0.2) is 0 Å². The summed E-state index contributed by atoms with van der Waals surface area (Å²) in [6.07, 6.45) is 0.611. The molecule has 2 nitrogen and oxygen atoms in total. The maximum absolute atomic E-state index is 10.8. The van der Waals surface area contributed by atoms with Crippen molar-refractivity contribution >= 4 is 27.4 Å². The Bertz CT molecular complexity index is 528. The zero-order chi connectivity index (χ0) is 11.7. The normalized spacial score (nSPS) is 12.9. The van der Waals surface area contributed by atoms with Crippen LogP contribution in [0.5, 0.6) is 0 Å². The van der Waals surface area contributed by atoms with E-state index >= 15 is 0 Å². The van der Waals surface area contributed by atoms with E-state index in [4.69, 9.17) is 5.11 Å². The second-order valence-electron chi connectivity index (χ2n) is 4.15. The van der Waals surface area contributed by atoms with Crippen molar-refractivity contribution in [3.05, 3.63) is 34.7 Å². The van der Waals surface area contributed by atoms with Crippen LogP contribution in [0, 0.1) is 12.8 Å². The molecule has 1 atom stereocenters. The molecule has 1 aromatic heterocycles. The third-order valence-electron chi connectivity index (χ3n) is 2.83. The Morgan fingerprint density at radius 3 is 2.94 bits per heavy atom. The first-order chi connectivity index (χ1) is 7.59. The van der Waals surface area contributed by atoms with Gasteiger partial charge >= 0.3 is 5.97 Å². The van der Waals surface area contributed by atoms with Crippen molar-refractivity contribution in [2.24, 2.45) is 5.92 Å². The molecule has 0 amide bonds. The molecule has 0 saturated heterocycles. The van der Waals surface area contributed by atoms with Crippen LogP contribution in [0.4, 0.5) is 0 Å². The minimum atomic E-state index is -0.729. The average molecular weight is 234 g/mol. The van der Waals surface area contributed by atoms with Crippen molar-refractivity contribution in [1.29, 1.82) is 0 Å². The molecular formula is C13H14O2S. The highest BCUT2D eigenvalue weighted by atomic mass is 32.1. The Balaban J connectivity index is 2.42. The van der Waals surface area contributed by atoms with Crippen LogP contribution in [0.2, 0.25) is 0 Å². The largest absolute Gasteiger partial charge is 0.481 e. The summed E-state index contributed by atoms with van der Waals surface area (Å²) in [5.41, 5.74) is 2.39. The van der Waals surface area contributed by atoms with Gasteiger partial charge in [0.2, 0.25) is 0 Å². The summed E-state index contributed by atoms with van der Waals surface area (Å²) in [6.45, 7) is 3.83. The summed E-state index contributed by atoms with van der Waals surface area (Å²) in [5.74, 6) is -1.05. The number of carboxylic acids is 1. The topological polar surface area (TPSA) is 37.3 Å². The third kappa shape index (κ3) is 1.95. The van der Waals surface area contributed by atoms with E-state index in [1.807, 2.05) is 6.07 Å². The van der Waals surface area contributed by atoms with Crippen LogP contribution in [-0.4, -0.2) is 11.1 Å². The van der Waals surface area contributed by atoms with Gasteiger partial charge in [-0.2, -0.15) is 0 Å². The quantitative estimate of drug-likeness (QED) is 0.882. The number of fused-ring (bicyclic) bond motifs is 1. The summed E-state index contributed by atoms with van der Waals surface area (Å²) in [5, 5.41) is 12.2. The van der Waals surface area contributed by atoms with Crippen molar-refractivity contribution in [3.8, 4) is 0 Å². The van der Waals surface area contributed by atoms with Gasteiger partial charge in [0.1, 0.15) is 0 Å². The molecule has 3 heteroatoms. The molecule has 1 aromatic carbocycles. The number of carbonyl (C=O) groups is 1.